The molecule has 1 aromatic rings. The lowest BCUT2D eigenvalue weighted by atomic mass is 10.0. The first-order valence-corrected chi connectivity index (χ1v) is 5.64. The standard InChI is InChI=1S/C11H18N4O/c1-12-10-4-3-5-15(11(10)16)8-9-6-13-14(2)7-9/h6-7,10,12H,3-5,8H2,1-2H3. The molecule has 0 saturated carbocycles. The van der Waals surface area contributed by atoms with Crippen molar-refractivity contribution in [2.24, 2.45) is 7.05 Å². The summed E-state index contributed by atoms with van der Waals surface area (Å²) in [5.74, 6) is 0.206. The highest BCUT2D eigenvalue weighted by molar-refractivity contribution is 5.82. The normalized spacial score (nSPS) is 21.5. The first-order valence-electron chi connectivity index (χ1n) is 5.64. The zero-order valence-electron chi connectivity index (χ0n) is 9.81. The van der Waals surface area contributed by atoms with Crippen molar-refractivity contribution >= 4 is 5.91 Å². The monoisotopic (exact) mass is 222 g/mol. The lowest BCUT2D eigenvalue weighted by Gasteiger charge is -2.31. The summed E-state index contributed by atoms with van der Waals surface area (Å²) >= 11 is 0. The Morgan fingerprint density at radius 3 is 3.06 bits per heavy atom. The first kappa shape index (κ1) is 11.1. The van der Waals surface area contributed by atoms with Crippen LogP contribution in [0.5, 0.6) is 0 Å². The number of hydrogen-bond acceptors (Lipinski definition) is 3. The maximum Gasteiger partial charge on any atom is 0.239 e. The molecule has 0 spiro atoms. The van der Waals surface area contributed by atoms with Gasteiger partial charge >= 0.3 is 0 Å². The molecule has 2 rings (SSSR count). The summed E-state index contributed by atoms with van der Waals surface area (Å²) in [5, 5.41) is 7.17. The van der Waals surface area contributed by atoms with Gasteiger partial charge in [-0.2, -0.15) is 5.10 Å². The predicted molar refractivity (Wildman–Crippen MR) is 60.7 cm³/mol. The Bertz CT molecular complexity index is 374. The molecule has 1 N–H and O–H groups in total. The molecule has 0 radical (unpaired) electrons. The van der Waals surface area contributed by atoms with Crippen molar-refractivity contribution in [1.29, 1.82) is 0 Å². The van der Waals surface area contributed by atoms with E-state index in [9.17, 15) is 4.79 Å². The molecule has 5 nitrogen and oxygen atoms in total. The fourth-order valence-electron chi connectivity index (χ4n) is 2.14. The molecular weight excluding hydrogens is 204 g/mol. The van der Waals surface area contributed by atoms with Crippen LogP contribution < -0.4 is 5.32 Å². The summed E-state index contributed by atoms with van der Waals surface area (Å²) in [5.41, 5.74) is 1.09. The van der Waals surface area contributed by atoms with Crippen LogP contribution in [-0.2, 0) is 18.4 Å². The number of nitrogens with zero attached hydrogens (tertiary/aromatic N) is 3. The minimum atomic E-state index is -0.00887. The zero-order chi connectivity index (χ0) is 11.5. The second-order valence-electron chi connectivity index (χ2n) is 4.27. The number of aryl methyl sites for hydroxylation is 1. The molecule has 5 heteroatoms. The topological polar surface area (TPSA) is 50.2 Å². The summed E-state index contributed by atoms with van der Waals surface area (Å²) in [6, 6.07) is -0.00887. The number of carbonyl (C=O) groups excluding carboxylic acids is 1. The number of rotatable bonds is 3. The van der Waals surface area contributed by atoms with Crippen molar-refractivity contribution in [3.63, 3.8) is 0 Å². The minimum absolute atomic E-state index is 0.00887. The maximum atomic E-state index is 12.0. The third kappa shape index (κ3) is 2.24. The number of hydrogen-bond donors (Lipinski definition) is 1. The minimum Gasteiger partial charge on any atom is -0.337 e. The summed E-state index contributed by atoms with van der Waals surface area (Å²) in [4.78, 5) is 13.9. The number of nitrogens with one attached hydrogen (secondary N) is 1. The number of carbonyl (C=O) groups is 1. The second-order valence-corrected chi connectivity index (χ2v) is 4.27. The average Bonchev–Trinajstić information content (AvgIpc) is 2.67. The van der Waals surface area contributed by atoms with E-state index in [0.29, 0.717) is 6.54 Å². The van der Waals surface area contributed by atoms with Crippen LogP contribution in [-0.4, -0.2) is 40.2 Å². The molecule has 88 valence electrons. The Balaban J connectivity index is 2.01. The van der Waals surface area contributed by atoms with Gasteiger partial charge in [0.25, 0.3) is 0 Å². The molecule has 1 aliphatic rings. The molecule has 0 aromatic carbocycles. The van der Waals surface area contributed by atoms with Gasteiger partial charge in [-0.3, -0.25) is 9.48 Å². The van der Waals surface area contributed by atoms with Gasteiger partial charge in [0.05, 0.1) is 12.2 Å². The van der Waals surface area contributed by atoms with Gasteiger partial charge in [-0.15, -0.1) is 0 Å². The summed E-state index contributed by atoms with van der Waals surface area (Å²) in [6.07, 6.45) is 5.78. The quantitative estimate of drug-likeness (QED) is 0.791. The zero-order valence-corrected chi connectivity index (χ0v) is 9.81. The molecule has 16 heavy (non-hydrogen) atoms. The Labute approximate surface area is 95.4 Å². The van der Waals surface area contributed by atoms with E-state index in [1.807, 2.05) is 31.4 Å². The molecule has 1 fully saturated rings. The van der Waals surface area contributed by atoms with Gasteiger partial charge in [-0.05, 0) is 19.9 Å². The van der Waals surface area contributed by atoms with Crippen LogP contribution in [0.3, 0.4) is 0 Å². The highest BCUT2D eigenvalue weighted by atomic mass is 16.2. The molecule has 2 heterocycles. The molecular formula is C11H18N4O. The van der Waals surface area contributed by atoms with Crippen LogP contribution >= 0.6 is 0 Å². The van der Waals surface area contributed by atoms with Crippen molar-refractivity contribution in [3.05, 3.63) is 18.0 Å². The SMILES string of the molecule is CNC1CCCN(Cc2cnn(C)c2)C1=O. The van der Waals surface area contributed by atoms with Crippen LogP contribution in [0.1, 0.15) is 18.4 Å². The van der Waals surface area contributed by atoms with Gasteiger partial charge < -0.3 is 10.2 Å². The van der Waals surface area contributed by atoms with Crippen molar-refractivity contribution in [1.82, 2.24) is 20.0 Å². The van der Waals surface area contributed by atoms with E-state index in [4.69, 9.17) is 0 Å². The molecule has 1 amide bonds. The second kappa shape index (κ2) is 4.65. The average molecular weight is 222 g/mol. The fraction of sp³-hybridized carbons (Fsp3) is 0.636. The van der Waals surface area contributed by atoms with E-state index in [-0.39, 0.29) is 11.9 Å². The largest absolute Gasteiger partial charge is 0.337 e. The van der Waals surface area contributed by atoms with E-state index >= 15 is 0 Å². The lowest BCUT2D eigenvalue weighted by Crippen LogP contribution is -2.49. The third-order valence-corrected chi connectivity index (χ3v) is 3.01. The van der Waals surface area contributed by atoms with Crippen molar-refractivity contribution in [2.75, 3.05) is 13.6 Å². The molecule has 1 aliphatic heterocycles. The van der Waals surface area contributed by atoms with Crippen LogP contribution in [0, 0.1) is 0 Å². The van der Waals surface area contributed by atoms with Crippen molar-refractivity contribution in [2.45, 2.75) is 25.4 Å². The van der Waals surface area contributed by atoms with Gasteiger partial charge in [0, 0.05) is 31.9 Å². The van der Waals surface area contributed by atoms with E-state index < -0.39 is 0 Å². The highest BCUT2D eigenvalue weighted by Gasteiger charge is 2.27. The number of piperidine rings is 1. The van der Waals surface area contributed by atoms with Crippen molar-refractivity contribution in [3.8, 4) is 0 Å². The summed E-state index contributed by atoms with van der Waals surface area (Å²) in [6.45, 7) is 1.52. The Morgan fingerprint density at radius 2 is 2.44 bits per heavy atom. The van der Waals surface area contributed by atoms with Gasteiger partial charge in [-0.1, -0.05) is 0 Å². The van der Waals surface area contributed by atoms with E-state index in [0.717, 1.165) is 24.9 Å². The van der Waals surface area contributed by atoms with Crippen LogP contribution in [0.25, 0.3) is 0 Å². The predicted octanol–water partition coefficient (Wildman–Crippen LogP) is 0.130. The third-order valence-electron chi connectivity index (χ3n) is 3.01. The smallest absolute Gasteiger partial charge is 0.239 e. The first-order chi connectivity index (χ1) is 7.70. The van der Waals surface area contributed by atoms with Crippen LogP contribution in [0.15, 0.2) is 12.4 Å². The Hall–Kier alpha value is -1.36. The van der Waals surface area contributed by atoms with Crippen LogP contribution in [0.4, 0.5) is 0 Å². The van der Waals surface area contributed by atoms with Gasteiger partial charge in [0.15, 0.2) is 0 Å². The molecule has 0 bridgehead atoms. The van der Waals surface area contributed by atoms with E-state index in [1.54, 1.807) is 4.68 Å². The maximum absolute atomic E-state index is 12.0. The van der Waals surface area contributed by atoms with E-state index in [2.05, 4.69) is 10.4 Å². The molecule has 0 aliphatic carbocycles. The van der Waals surface area contributed by atoms with E-state index in [1.165, 1.54) is 0 Å². The molecule has 1 atom stereocenters. The van der Waals surface area contributed by atoms with Crippen molar-refractivity contribution < 1.29 is 4.79 Å². The summed E-state index contributed by atoms with van der Waals surface area (Å²) < 4.78 is 1.76. The van der Waals surface area contributed by atoms with Crippen LogP contribution in [0.2, 0.25) is 0 Å². The Kier molecular flexibility index (Phi) is 3.24. The highest BCUT2D eigenvalue weighted by Crippen LogP contribution is 2.14. The Morgan fingerprint density at radius 1 is 1.62 bits per heavy atom. The molecule has 1 saturated heterocycles. The molecule has 1 aromatic heterocycles. The van der Waals surface area contributed by atoms with Gasteiger partial charge in [-0.25, -0.2) is 0 Å². The van der Waals surface area contributed by atoms with Gasteiger partial charge in [0.2, 0.25) is 5.91 Å². The number of amides is 1. The molecule has 1 unspecified atom stereocenters. The van der Waals surface area contributed by atoms with Gasteiger partial charge in [0.1, 0.15) is 0 Å². The number of likely N-dealkylation sites (tertiary alicyclic amines) is 1. The number of aromatic nitrogens is 2. The summed E-state index contributed by atoms with van der Waals surface area (Å²) in [7, 11) is 3.73. The lowest BCUT2D eigenvalue weighted by molar-refractivity contribution is -0.136. The number of likely N-dealkylation sites (N-methyl/N-ethyl adjacent to an activating group) is 1. The fourth-order valence-corrected chi connectivity index (χ4v) is 2.14.